The van der Waals surface area contributed by atoms with Crippen molar-refractivity contribution in [3.05, 3.63) is 59.7 Å². The first kappa shape index (κ1) is 19.6. The first-order chi connectivity index (χ1) is 11.9. The van der Waals surface area contributed by atoms with E-state index in [0.717, 1.165) is 33.8 Å². The molecule has 2 atom stereocenters. The number of rotatable bonds is 8. The molecule has 0 spiro atoms. The van der Waals surface area contributed by atoms with Crippen molar-refractivity contribution in [3.63, 3.8) is 0 Å². The van der Waals surface area contributed by atoms with Crippen molar-refractivity contribution >= 4 is 16.6 Å². The third kappa shape index (κ3) is 5.12. The number of hydrogen-bond acceptors (Lipinski definition) is 2. The number of hydrogen-bond donors (Lipinski definition) is 0. The maximum atomic E-state index is 13.1. The van der Waals surface area contributed by atoms with Crippen molar-refractivity contribution in [1.82, 2.24) is 0 Å². The first-order valence-electron chi connectivity index (χ1n) is 9.04. The van der Waals surface area contributed by atoms with Gasteiger partial charge in [-0.15, -0.1) is 0 Å². The molecule has 0 aliphatic heterocycles. The lowest BCUT2D eigenvalue weighted by atomic mass is 9.85. The number of benzene rings is 2. The van der Waals surface area contributed by atoms with Crippen LogP contribution in [0.3, 0.4) is 0 Å². The predicted octanol–water partition coefficient (Wildman–Crippen LogP) is 5.66. The smallest absolute Gasteiger partial charge is 0.140 e. The van der Waals surface area contributed by atoms with Crippen LogP contribution in [0.15, 0.2) is 58.3 Å². The minimum Gasteiger partial charge on any atom is -0.299 e. The standard InChI is InChI=1S/C22H28O2S/c1-5-8-21(23)20(15-16(2)3)19-9-6-7-10-22(19)25(24)18-13-11-17(4)12-14-18/h6-7,9-14,16,20H,5,8,15H2,1-4H3/t20-,25-/m0/s1. The summed E-state index contributed by atoms with van der Waals surface area (Å²) >= 11 is 0. The fourth-order valence-electron chi connectivity index (χ4n) is 3.05. The zero-order valence-electron chi connectivity index (χ0n) is 15.6. The molecule has 2 aromatic carbocycles. The van der Waals surface area contributed by atoms with E-state index < -0.39 is 10.8 Å². The summed E-state index contributed by atoms with van der Waals surface area (Å²) in [5.41, 5.74) is 2.07. The van der Waals surface area contributed by atoms with E-state index in [1.807, 2.05) is 62.4 Å². The van der Waals surface area contributed by atoms with E-state index in [2.05, 4.69) is 13.8 Å². The Morgan fingerprint density at radius 2 is 1.68 bits per heavy atom. The molecule has 0 saturated heterocycles. The van der Waals surface area contributed by atoms with Crippen molar-refractivity contribution in [2.75, 3.05) is 0 Å². The van der Waals surface area contributed by atoms with Crippen molar-refractivity contribution < 1.29 is 9.00 Å². The zero-order chi connectivity index (χ0) is 18.4. The summed E-state index contributed by atoms with van der Waals surface area (Å²) in [5.74, 6) is 0.488. The van der Waals surface area contributed by atoms with Gasteiger partial charge in [-0.1, -0.05) is 56.7 Å². The molecular formula is C22H28O2S. The highest BCUT2D eigenvalue weighted by Crippen LogP contribution is 2.32. The Labute approximate surface area is 154 Å². The number of aryl methyl sites for hydroxylation is 1. The van der Waals surface area contributed by atoms with E-state index in [0.29, 0.717) is 12.3 Å². The number of Topliss-reactive ketones (excluding diaryl/α,β-unsaturated/α-hetero) is 1. The van der Waals surface area contributed by atoms with E-state index in [9.17, 15) is 9.00 Å². The predicted molar refractivity (Wildman–Crippen MR) is 104 cm³/mol. The summed E-state index contributed by atoms with van der Waals surface area (Å²) in [6.07, 6.45) is 2.21. The fraction of sp³-hybridized carbons (Fsp3) is 0.409. The molecule has 0 heterocycles. The Balaban J connectivity index is 2.45. The molecule has 134 valence electrons. The van der Waals surface area contributed by atoms with E-state index in [4.69, 9.17) is 0 Å². The van der Waals surface area contributed by atoms with E-state index >= 15 is 0 Å². The summed E-state index contributed by atoms with van der Waals surface area (Å²) in [6.45, 7) is 8.31. The van der Waals surface area contributed by atoms with Crippen LogP contribution in [0.1, 0.15) is 57.1 Å². The van der Waals surface area contributed by atoms with Gasteiger partial charge in [-0.05, 0) is 49.4 Å². The van der Waals surface area contributed by atoms with Crippen LogP contribution >= 0.6 is 0 Å². The SMILES string of the molecule is CCCC(=O)[C@@H](CC(C)C)c1ccccc1[S@@](=O)c1ccc(C)cc1. The van der Waals surface area contributed by atoms with Crippen LogP contribution < -0.4 is 0 Å². The largest absolute Gasteiger partial charge is 0.299 e. The first-order valence-corrected chi connectivity index (χ1v) is 10.2. The Kier molecular flexibility index (Phi) is 7.12. The van der Waals surface area contributed by atoms with E-state index in [1.54, 1.807) is 0 Å². The molecule has 3 heteroatoms. The Bertz CT molecular complexity index is 732. The Morgan fingerprint density at radius 1 is 1.04 bits per heavy atom. The second-order valence-corrected chi connectivity index (χ2v) is 8.47. The maximum absolute atomic E-state index is 13.1. The summed E-state index contributed by atoms with van der Waals surface area (Å²) in [5, 5.41) is 0. The van der Waals surface area contributed by atoms with Crippen molar-refractivity contribution in [3.8, 4) is 0 Å². The monoisotopic (exact) mass is 356 g/mol. The quantitative estimate of drug-likeness (QED) is 0.611. The highest BCUT2D eigenvalue weighted by Gasteiger charge is 2.25. The van der Waals surface area contributed by atoms with Crippen LogP contribution in [-0.2, 0) is 15.6 Å². The van der Waals surface area contributed by atoms with E-state index in [-0.39, 0.29) is 11.7 Å². The van der Waals surface area contributed by atoms with Crippen LogP contribution in [0.25, 0.3) is 0 Å². The minimum atomic E-state index is -1.27. The van der Waals surface area contributed by atoms with Gasteiger partial charge in [0.05, 0.1) is 10.8 Å². The number of ketones is 1. The second-order valence-electron chi connectivity index (χ2n) is 7.02. The summed E-state index contributed by atoms with van der Waals surface area (Å²) < 4.78 is 13.1. The second kappa shape index (κ2) is 9.10. The van der Waals surface area contributed by atoms with Gasteiger partial charge < -0.3 is 0 Å². The molecule has 0 N–H and O–H groups in total. The van der Waals surface area contributed by atoms with Gasteiger partial charge in [0.1, 0.15) is 5.78 Å². The lowest BCUT2D eigenvalue weighted by Gasteiger charge is -2.21. The third-order valence-electron chi connectivity index (χ3n) is 4.32. The van der Waals surface area contributed by atoms with Crippen molar-refractivity contribution in [2.45, 2.75) is 62.7 Å². The van der Waals surface area contributed by atoms with Crippen LogP contribution in [0, 0.1) is 12.8 Å². The van der Waals surface area contributed by atoms with Crippen molar-refractivity contribution in [1.29, 1.82) is 0 Å². The minimum absolute atomic E-state index is 0.175. The molecule has 2 aromatic rings. The Hall–Kier alpha value is -1.74. The number of carbonyl (C=O) groups excluding carboxylic acids is 1. The average molecular weight is 357 g/mol. The van der Waals surface area contributed by atoms with Crippen LogP contribution in [0.4, 0.5) is 0 Å². The van der Waals surface area contributed by atoms with Crippen LogP contribution in [0.2, 0.25) is 0 Å². The van der Waals surface area contributed by atoms with Crippen LogP contribution in [0.5, 0.6) is 0 Å². The molecule has 0 unspecified atom stereocenters. The lowest BCUT2D eigenvalue weighted by Crippen LogP contribution is -2.17. The molecular weight excluding hydrogens is 328 g/mol. The van der Waals surface area contributed by atoms with Gasteiger partial charge in [0.2, 0.25) is 0 Å². The van der Waals surface area contributed by atoms with Crippen LogP contribution in [-0.4, -0.2) is 9.99 Å². The molecule has 0 amide bonds. The average Bonchev–Trinajstić information content (AvgIpc) is 2.60. The summed E-state index contributed by atoms with van der Waals surface area (Å²) in [7, 11) is -1.27. The normalized spacial score (nSPS) is 13.6. The van der Waals surface area contributed by atoms with Gasteiger partial charge >= 0.3 is 0 Å². The molecule has 0 aromatic heterocycles. The van der Waals surface area contributed by atoms with Gasteiger partial charge in [0, 0.05) is 22.1 Å². The van der Waals surface area contributed by atoms with Gasteiger partial charge in [-0.25, -0.2) is 4.21 Å². The van der Waals surface area contributed by atoms with Gasteiger partial charge in [-0.3, -0.25) is 4.79 Å². The van der Waals surface area contributed by atoms with Gasteiger partial charge in [-0.2, -0.15) is 0 Å². The van der Waals surface area contributed by atoms with Gasteiger partial charge in [0.15, 0.2) is 0 Å². The topological polar surface area (TPSA) is 34.1 Å². The molecule has 0 radical (unpaired) electrons. The third-order valence-corrected chi connectivity index (χ3v) is 5.79. The fourth-order valence-corrected chi connectivity index (χ4v) is 4.31. The van der Waals surface area contributed by atoms with Crippen molar-refractivity contribution in [2.24, 2.45) is 5.92 Å². The molecule has 0 aliphatic rings. The summed E-state index contributed by atoms with van der Waals surface area (Å²) in [4.78, 5) is 14.3. The molecule has 25 heavy (non-hydrogen) atoms. The molecule has 2 rings (SSSR count). The van der Waals surface area contributed by atoms with E-state index in [1.165, 1.54) is 0 Å². The lowest BCUT2D eigenvalue weighted by molar-refractivity contribution is -0.120. The highest BCUT2D eigenvalue weighted by atomic mass is 32.2. The molecule has 0 bridgehead atoms. The molecule has 0 saturated carbocycles. The number of carbonyl (C=O) groups is 1. The molecule has 2 nitrogen and oxygen atoms in total. The molecule has 0 aliphatic carbocycles. The van der Waals surface area contributed by atoms with Gasteiger partial charge in [0.25, 0.3) is 0 Å². The molecule has 0 fully saturated rings. The maximum Gasteiger partial charge on any atom is 0.140 e. The summed E-state index contributed by atoms with van der Waals surface area (Å²) in [6, 6.07) is 15.5. The zero-order valence-corrected chi connectivity index (χ0v) is 16.4. The Morgan fingerprint density at radius 3 is 2.28 bits per heavy atom. The highest BCUT2D eigenvalue weighted by molar-refractivity contribution is 7.85.